The quantitative estimate of drug-likeness (QED) is 0.125. The fraction of sp³-hybridized carbons (Fsp3) is 0.0769. The third kappa shape index (κ3) is 4.70. The van der Waals surface area contributed by atoms with Crippen LogP contribution in [0.1, 0.15) is 11.5 Å². The van der Waals surface area contributed by atoms with E-state index in [9.17, 15) is 0 Å². The van der Waals surface area contributed by atoms with Crippen molar-refractivity contribution in [3.63, 3.8) is 0 Å². The minimum Gasteiger partial charge on any atom is -0.439 e. The first-order valence-corrected chi connectivity index (χ1v) is 21.9. The van der Waals surface area contributed by atoms with E-state index in [-0.39, 0.29) is 24.2 Å². The number of furan rings is 1. The smallest absolute Gasteiger partial charge is 0.213 e. The number of allylic oxidation sites excluding steroid dienone is 2. The zero-order valence-electron chi connectivity index (χ0n) is 31.2. The lowest BCUT2D eigenvalue weighted by Gasteiger charge is -2.35. The summed E-state index contributed by atoms with van der Waals surface area (Å²) < 4.78 is 16.0. The summed E-state index contributed by atoms with van der Waals surface area (Å²) in [5, 5.41) is 8.84. The molecule has 272 valence electrons. The largest absolute Gasteiger partial charge is 0.439 e. The second-order valence-electron chi connectivity index (χ2n) is 15.5. The molecule has 4 atom stereocenters. The summed E-state index contributed by atoms with van der Waals surface area (Å²) in [7, 11) is -2.98. The van der Waals surface area contributed by atoms with Gasteiger partial charge in [-0.2, -0.15) is 0 Å². The number of anilines is 2. The van der Waals surface area contributed by atoms with Gasteiger partial charge in [0.25, 0.3) is 0 Å². The monoisotopic (exact) mass is 750 g/mol. The van der Waals surface area contributed by atoms with E-state index in [0.717, 1.165) is 39.0 Å². The predicted octanol–water partition coefficient (Wildman–Crippen LogP) is 9.61. The zero-order valence-corrected chi connectivity index (χ0v) is 32.2. The van der Waals surface area contributed by atoms with Crippen LogP contribution in [-0.4, -0.2) is 25.0 Å². The van der Waals surface area contributed by atoms with Gasteiger partial charge in [0.15, 0.2) is 8.07 Å². The number of para-hydroxylation sites is 3. The van der Waals surface area contributed by atoms with Crippen molar-refractivity contribution < 1.29 is 9.15 Å². The Bertz CT molecular complexity index is 3000. The van der Waals surface area contributed by atoms with Crippen molar-refractivity contribution in [3.05, 3.63) is 212 Å². The summed E-state index contributed by atoms with van der Waals surface area (Å²) in [6, 6.07) is 67.0. The molecule has 0 amide bonds. The molecule has 5 heteroatoms. The van der Waals surface area contributed by atoms with Gasteiger partial charge in [-0.3, -0.25) is 4.57 Å². The van der Waals surface area contributed by atoms with E-state index in [0.29, 0.717) is 0 Å². The fourth-order valence-electron chi connectivity index (χ4n) is 10.3. The Morgan fingerprint density at radius 1 is 0.509 bits per heavy atom. The van der Waals surface area contributed by atoms with Crippen LogP contribution in [-0.2, 0) is 4.74 Å². The molecule has 4 heterocycles. The van der Waals surface area contributed by atoms with Crippen LogP contribution >= 0.6 is 0 Å². The van der Waals surface area contributed by atoms with Gasteiger partial charge in [-0.25, -0.2) is 0 Å². The normalized spacial score (nSPS) is 19.7. The van der Waals surface area contributed by atoms with Crippen LogP contribution in [0.25, 0.3) is 38.7 Å². The summed E-state index contributed by atoms with van der Waals surface area (Å²) >= 11 is 0. The Morgan fingerprint density at radius 3 is 1.93 bits per heavy atom. The van der Waals surface area contributed by atoms with Gasteiger partial charge in [-0.1, -0.05) is 164 Å². The lowest BCUT2D eigenvalue weighted by molar-refractivity contribution is 0.0696. The lowest BCUT2D eigenvalue weighted by atomic mass is 9.83. The molecule has 0 radical (unpaired) electrons. The van der Waals surface area contributed by atoms with E-state index in [1.807, 2.05) is 0 Å². The molecule has 12 rings (SSSR count). The predicted molar refractivity (Wildman–Crippen MR) is 236 cm³/mol. The van der Waals surface area contributed by atoms with E-state index >= 15 is 0 Å². The van der Waals surface area contributed by atoms with Gasteiger partial charge >= 0.3 is 0 Å². The molecule has 0 saturated carbocycles. The lowest BCUT2D eigenvalue weighted by Crippen LogP contribution is -2.74. The van der Waals surface area contributed by atoms with Crippen molar-refractivity contribution in [2.75, 3.05) is 4.90 Å². The van der Waals surface area contributed by atoms with Crippen molar-refractivity contribution in [1.82, 2.24) is 4.57 Å². The third-order valence-corrected chi connectivity index (χ3v) is 17.4. The maximum Gasteiger partial charge on any atom is 0.213 e. The number of hydrogen-bond acceptors (Lipinski definition) is 3. The number of fused-ring (bicyclic) bond motifs is 10. The van der Waals surface area contributed by atoms with E-state index in [1.54, 1.807) is 0 Å². The van der Waals surface area contributed by atoms with Crippen molar-refractivity contribution in [2.24, 2.45) is 5.92 Å². The average Bonchev–Trinajstić information content (AvgIpc) is 4.02. The van der Waals surface area contributed by atoms with E-state index in [1.165, 1.54) is 37.4 Å². The number of rotatable bonds is 6. The summed E-state index contributed by atoms with van der Waals surface area (Å²) in [5.41, 5.74) is 7.73. The van der Waals surface area contributed by atoms with Crippen molar-refractivity contribution in [3.8, 4) is 5.69 Å². The van der Waals surface area contributed by atoms with Crippen LogP contribution < -0.4 is 25.6 Å². The molecule has 4 unspecified atom stereocenters. The Hall–Kier alpha value is -6.66. The molecular formula is C52H38N2O2Si. The molecule has 0 spiro atoms. The molecule has 2 aromatic heterocycles. The maximum atomic E-state index is 6.95. The van der Waals surface area contributed by atoms with Crippen LogP contribution in [0.3, 0.4) is 0 Å². The molecular weight excluding hydrogens is 713 g/mol. The number of hydrogen-bond donors (Lipinski definition) is 0. The molecule has 1 saturated heterocycles. The maximum absolute atomic E-state index is 6.95. The Balaban J connectivity index is 1.13. The molecule has 3 aliphatic rings. The molecule has 1 aliphatic carbocycles. The van der Waals surface area contributed by atoms with Gasteiger partial charge in [0.1, 0.15) is 11.8 Å². The molecule has 2 aliphatic heterocycles. The van der Waals surface area contributed by atoms with Gasteiger partial charge in [-0.15, -0.1) is 0 Å². The van der Waals surface area contributed by atoms with Gasteiger partial charge in [-0.05, 0) is 68.8 Å². The first kappa shape index (κ1) is 32.6. The molecule has 9 aromatic rings. The number of benzene rings is 7. The first-order valence-electron chi connectivity index (χ1n) is 19.9. The first-order chi connectivity index (χ1) is 28.3. The minimum atomic E-state index is -2.98. The van der Waals surface area contributed by atoms with E-state index in [2.05, 4.69) is 216 Å². The Morgan fingerprint density at radius 2 is 1.14 bits per heavy atom. The SMILES string of the molecule is C1=CC2OC3C(c4cc([Si](c5ccccc5)(c5ccccc5)c5cccc(-n6c7ccccc7c7c8ccccc8oc76)c5)ccc4N3c3ccccc3)C2C=C1. The highest BCUT2D eigenvalue weighted by Crippen LogP contribution is 2.55. The summed E-state index contributed by atoms with van der Waals surface area (Å²) in [4.78, 5) is 2.44. The molecule has 0 N–H and O–H groups in total. The van der Waals surface area contributed by atoms with Crippen LogP contribution in [0, 0.1) is 5.92 Å². The third-order valence-electron chi connectivity index (χ3n) is 12.7. The molecule has 0 bridgehead atoms. The van der Waals surface area contributed by atoms with Crippen LogP contribution in [0.5, 0.6) is 0 Å². The van der Waals surface area contributed by atoms with Gasteiger partial charge in [0, 0.05) is 39.7 Å². The van der Waals surface area contributed by atoms with Crippen molar-refractivity contribution in [1.29, 1.82) is 0 Å². The Labute approximate surface area is 332 Å². The summed E-state index contributed by atoms with van der Waals surface area (Å²) in [6.07, 6.45) is 8.88. The van der Waals surface area contributed by atoms with Crippen LogP contribution in [0.4, 0.5) is 11.4 Å². The summed E-state index contributed by atoms with van der Waals surface area (Å²) in [5.74, 6) is 0.437. The standard InChI is InChI=1S/C52H38N2O2Si/c1-4-17-35(18-5-1)53-46-32-31-40(34-44(46)50-43-27-12-15-30-48(43)56-52(50)53)57(37-20-6-2-7-21-37,38-22-8-3-9-23-38)39-24-16-19-36(33-39)54-45-28-13-10-25-41(45)49-42-26-11-14-29-47(42)55-51(49)54/h1-34,43,48,50,52H. The van der Waals surface area contributed by atoms with Gasteiger partial charge in [0.2, 0.25) is 5.71 Å². The van der Waals surface area contributed by atoms with Crippen molar-refractivity contribution >= 4 is 73.2 Å². The molecule has 7 aromatic carbocycles. The van der Waals surface area contributed by atoms with E-state index in [4.69, 9.17) is 9.15 Å². The molecule has 1 fully saturated rings. The fourth-order valence-corrected chi connectivity index (χ4v) is 15.1. The zero-order chi connectivity index (χ0) is 37.5. The second-order valence-corrected chi connectivity index (χ2v) is 19.3. The highest BCUT2D eigenvalue weighted by Gasteiger charge is 2.53. The topological polar surface area (TPSA) is 30.5 Å². The highest BCUT2D eigenvalue weighted by molar-refractivity contribution is 7.20. The average molecular weight is 751 g/mol. The second kappa shape index (κ2) is 12.7. The van der Waals surface area contributed by atoms with E-state index < -0.39 is 8.07 Å². The number of ether oxygens (including phenoxy) is 1. The highest BCUT2D eigenvalue weighted by atomic mass is 28.3. The minimum absolute atomic E-state index is 0.0430. The number of nitrogens with zero attached hydrogens (tertiary/aromatic N) is 2. The van der Waals surface area contributed by atoms with Crippen LogP contribution in [0.2, 0.25) is 0 Å². The summed E-state index contributed by atoms with van der Waals surface area (Å²) in [6.45, 7) is 0. The Kier molecular flexibility index (Phi) is 7.25. The number of aromatic nitrogens is 1. The molecule has 57 heavy (non-hydrogen) atoms. The van der Waals surface area contributed by atoms with Gasteiger partial charge in [0.05, 0.1) is 17.0 Å². The molecule has 4 nitrogen and oxygen atoms in total. The van der Waals surface area contributed by atoms with Crippen LogP contribution in [0.15, 0.2) is 211 Å². The van der Waals surface area contributed by atoms with Crippen molar-refractivity contribution in [2.45, 2.75) is 18.2 Å². The van der Waals surface area contributed by atoms with Gasteiger partial charge < -0.3 is 14.1 Å².